The lowest BCUT2D eigenvalue weighted by Crippen LogP contribution is -2.30. The molecule has 3 nitrogen and oxygen atoms in total. The van der Waals surface area contributed by atoms with Crippen molar-refractivity contribution in [2.24, 2.45) is 0 Å². The highest BCUT2D eigenvalue weighted by Gasteiger charge is 2.19. The van der Waals surface area contributed by atoms with Gasteiger partial charge in [0.2, 0.25) is 0 Å². The van der Waals surface area contributed by atoms with Crippen molar-refractivity contribution in [3.05, 3.63) is 66.9 Å². The van der Waals surface area contributed by atoms with Crippen LogP contribution in [0.25, 0.3) is 39.7 Å². The van der Waals surface area contributed by atoms with Gasteiger partial charge in [0.25, 0.3) is 11.1 Å². The highest BCUT2D eigenvalue weighted by Crippen LogP contribution is 2.43. The lowest BCUT2D eigenvalue weighted by Gasteiger charge is -2.04. The monoisotopic (exact) mass is 904 g/mol. The Labute approximate surface area is 386 Å². The quantitative estimate of drug-likeness (QED) is 0.0380. The van der Waals surface area contributed by atoms with Crippen LogP contribution < -0.4 is 11.1 Å². The number of aryl methyl sites for hydroxylation is 2. The van der Waals surface area contributed by atoms with Crippen molar-refractivity contribution in [3.8, 4) is 19.5 Å². The fraction of sp³-hybridized carbons (Fsp3) is 0.667. The van der Waals surface area contributed by atoms with E-state index in [9.17, 15) is 9.59 Å². The maximum absolute atomic E-state index is 14.4. The topological polar surface area (TPSA) is 39.1 Å². The van der Waals surface area contributed by atoms with Gasteiger partial charge in [-0.1, -0.05) is 194 Å². The minimum absolute atomic E-state index is 0.111. The Kier molecular flexibility index (Phi) is 24.1. The number of thiophene rings is 4. The maximum Gasteiger partial charge on any atom is 0.262 e. The van der Waals surface area contributed by atoms with Gasteiger partial charge >= 0.3 is 0 Å². The van der Waals surface area contributed by atoms with E-state index in [-0.39, 0.29) is 11.1 Å². The van der Waals surface area contributed by atoms with Gasteiger partial charge in [-0.3, -0.25) is 14.2 Å². The summed E-state index contributed by atoms with van der Waals surface area (Å²) < 4.78 is 3.56. The van der Waals surface area contributed by atoms with Crippen LogP contribution in [0, 0.1) is 0 Å². The van der Waals surface area contributed by atoms with Crippen molar-refractivity contribution < 1.29 is 0 Å². The summed E-state index contributed by atoms with van der Waals surface area (Å²) in [5.41, 5.74) is 2.61. The van der Waals surface area contributed by atoms with Crippen molar-refractivity contribution in [2.45, 2.75) is 233 Å². The third-order valence-corrected chi connectivity index (χ3v) is 17.6. The van der Waals surface area contributed by atoms with E-state index in [1.165, 1.54) is 201 Å². The zero-order chi connectivity index (χ0) is 42.9. The average molecular weight is 905 g/mol. The third-order valence-electron chi connectivity index (χ3n) is 12.8. The molecular formula is C54H81NO2S4. The molecule has 0 spiro atoms. The molecule has 0 unspecified atom stereocenters. The Balaban J connectivity index is 1.27. The molecule has 0 aliphatic carbocycles. The number of hydrogen-bond donors (Lipinski definition) is 0. The van der Waals surface area contributed by atoms with Gasteiger partial charge in [0, 0.05) is 26.1 Å². The first-order valence-corrected chi connectivity index (χ1v) is 28.7. The molecule has 0 aliphatic heterocycles. The Morgan fingerprint density at radius 2 is 0.689 bits per heavy atom. The van der Waals surface area contributed by atoms with E-state index in [4.69, 9.17) is 0 Å². The van der Waals surface area contributed by atoms with Crippen molar-refractivity contribution in [2.75, 3.05) is 0 Å². The van der Waals surface area contributed by atoms with Crippen LogP contribution in [0.4, 0.5) is 0 Å². The van der Waals surface area contributed by atoms with E-state index in [1.54, 1.807) is 27.2 Å². The predicted octanol–water partition coefficient (Wildman–Crippen LogP) is 18.9. The van der Waals surface area contributed by atoms with Crippen LogP contribution in [0.15, 0.2) is 44.6 Å². The number of rotatable bonds is 35. The smallest absolute Gasteiger partial charge is 0.262 e. The molecule has 0 fully saturated rings. The van der Waals surface area contributed by atoms with E-state index in [1.807, 2.05) is 22.7 Å². The van der Waals surface area contributed by atoms with Gasteiger partial charge in [0.1, 0.15) is 0 Å². The van der Waals surface area contributed by atoms with Gasteiger partial charge in [0.05, 0.1) is 20.2 Å². The van der Waals surface area contributed by atoms with Gasteiger partial charge < -0.3 is 0 Å². The fourth-order valence-corrected chi connectivity index (χ4v) is 13.5. The summed E-state index contributed by atoms with van der Waals surface area (Å²) in [5.74, 6) is 0. The van der Waals surface area contributed by atoms with E-state index < -0.39 is 0 Å². The first-order valence-electron chi connectivity index (χ1n) is 25.3. The van der Waals surface area contributed by atoms with Crippen LogP contribution >= 0.6 is 45.3 Å². The Morgan fingerprint density at radius 3 is 1.03 bits per heavy atom. The molecule has 0 amide bonds. The van der Waals surface area contributed by atoms with Crippen LogP contribution in [0.1, 0.15) is 225 Å². The predicted molar refractivity (Wildman–Crippen MR) is 277 cm³/mol. The summed E-state index contributed by atoms with van der Waals surface area (Å²) >= 11 is 7.05. The summed E-state index contributed by atoms with van der Waals surface area (Å²) in [6, 6.07) is 8.95. The first kappa shape index (κ1) is 49.9. The molecule has 0 bridgehead atoms. The molecule has 5 heterocycles. The van der Waals surface area contributed by atoms with Crippen LogP contribution in [0.2, 0.25) is 0 Å². The number of unbranched alkanes of at least 4 members (excludes halogenated alkanes) is 27. The second-order valence-electron chi connectivity index (χ2n) is 18.2. The lowest BCUT2D eigenvalue weighted by molar-refractivity contribution is 0.528. The molecule has 0 aliphatic rings. The Morgan fingerprint density at radius 1 is 0.377 bits per heavy atom. The standard InChI is InChI=1S/C54H81NO2S4/c1-4-7-10-13-16-19-22-25-28-31-34-43-37-47(58-41-43)49-39-45-51(60-49)52-46(54(57)55(53(45)56)36-33-30-27-24-21-18-15-12-9-6-3)40-50(61-52)48-38-44(42-59-48)35-32-29-26-23-20-17-14-11-8-5-2/h37-42H,4-36H2,1-3H3. The molecule has 0 radical (unpaired) electrons. The van der Waals surface area contributed by atoms with Crippen molar-refractivity contribution in [3.63, 3.8) is 0 Å². The van der Waals surface area contributed by atoms with E-state index in [0.717, 1.165) is 44.8 Å². The summed E-state index contributed by atoms with van der Waals surface area (Å²) in [6.07, 6.45) is 41.7. The van der Waals surface area contributed by atoms with Gasteiger partial charge in [0.15, 0.2) is 0 Å². The third kappa shape index (κ3) is 16.8. The molecule has 0 aromatic carbocycles. The van der Waals surface area contributed by atoms with Crippen LogP contribution in [0.3, 0.4) is 0 Å². The van der Waals surface area contributed by atoms with Gasteiger partial charge in [-0.05, 0) is 78.3 Å². The van der Waals surface area contributed by atoms with Gasteiger partial charge in [-0.25, -0.2) is 0 Å². The molecular weight excluding hydrogens is 823 g/mol. The zero-order valence-electron chi connectivity index (χ0n) is 38.7. The van der Waals surface area contributed by atoms with Gasteiger partial charge in [-0.2, -0.15) is 0 Å². The molecule has 7 heteroatoms. The normalized spacial score (nSPS) is 11.9. The Hall–Kier alpha value is -2.06. The van der Waals surface area contributed by atoms with E-state index in [0.29, 0.717) is 17.3 Å². The minimum atomic E-state index is -0.111. The molecule has 0 atom stereocenters. The van der Waals surface area contributed by atoms with Crippen molar-refractivity contribution in [1.29, 1.82) is 0 Å². The molecule has 0 N–H and O–H groups in total. The fourth-order valence-electron chi connectivity index (χ4n) is 8.93. The molecule has 5 aromatic heterocycles. The summed E-state index contributed by atoms with van der Waals surface area (Å²) in [4.78, 5) is 33.6. The number of nitrogens with zero attached hydrogens (tertiary/aromatic N) is 1. The minimum Gasteiger partial charge on any atom is -0.274 e. The Bertz CT molecular complexity index is 1930. The number of aromatic nitrogens is 1. The SMILES string of the molecule is CCCCCCCCCCCCc1csc(-c2cc3c(=O)n(CCCCCCCCCCCC)c(=O)c4cc(-c5cc(CCCCCCCCCCCC)cs5)sc4c3s2)c1. The maximum atomic E-state index is 14.4. The number of hydrogen-bond acceptors (Lipinski definition) is 6. The molecule has 338 valence electrons. The van der Waals surface area contributed by atoms with Crippen molar-refractivity contribution in [1.82, 2.24) is 4.57 Å². The molecule has 61 heavy (non-hydrogen) atoms. The highest BCUT2D eigenvalue weighted by atomic mass is 32.1. The molecule has 0 saturated heterocycles. The van der Waals surface area contributed by atoms with Crippen LogP contribution in [-0.2, 0) is 19.4 Å². The lowest BCUT2D eigenvalue weighted by atomic mass is 10.0. The summed E-state index contributed by atoms with van der Waals surface area (Å²) in [6.45, 7) is 7.34. The van der Waals surface area contributed by atoms with Gasteiger partial charge in [-0.15, -0.1) is 45.3 Å². The molecule has 0 saturated carbocycles. The van der Waals surface area contributed by atoms with Crippen molar-refractivity contribution >= 4 is 65.5 Å². The van der Waals surface area contributed by atoms with Crippen LogP contribution in [-0.4, -0.2) is 4.57 Å². The zero-order valence-corrected chi connectivity index (χ0v) is 42.0. The summed E-state index contributed by atoms with van der Waals surface area (Å²) in [7, 11) is 0. The number of fused-ring (bicyclic) bond motifs is 3. The highest BCUT2D eigenvalue weighted by molar-refractivity contribution is 7.32. The average Bonchev–Trinajstić information content (AvgIpc) is 4.10. The van der Waals surface area contributed by atoms with E-state index in [2.05, 4.69) is 55.8 Å². The molecule has 5 aromatic rings. The summed E-state index contributed by atoms with van der Waals surface area (Å²) in [5, 5.41) is 6.08. The second-order valence-corrected chi connectivity index (χ2v) is 22.1. The van der Waals surface area contributed by atoms with E-state index >= 15 is 0 Å². The van der Waals surface area contributed by atoms with Crippen LogP contribution in [0.5, 0.6) is 0 Å². The largest absolute Gasteiger partial charge is 0.274 e. The second kappa shape index (κ2) is 29.4. The molecule has 5 rings (SSSR count). The first-order chi connectivity index (χ1) is 30.0.